The van der Waals surface area contributed by atoms with Crippen molar-refractivity contribution in [3.05, 3.63) is 23.2 Å². The molecule has 1 aliphatic rings. The van der Waals surface area contributed by atoms with E-state index in [0.29, 0.717) is 17.8 Å². The number of amides is 1. The second-order valence-electron chi connectivity index (χ2n) is 5.38. The first-order valence-corrected chi connectivity index (χ1v) is 6.75. The molecule has 0 N–H and O–H groups in total. The molecule has 2 rings (SSSR count). The summed E-state index contributed by atoms with van der Waals surface area (Å²) >= 11 is 0. The average molecular weight is 260 g/mol. The van der Waals surface area contributed by atoms with Gasteiger partial charge in [0.2, 0.25) is 5.91 Å². The van der Waals surface area contributed by atoms with E-state index in [1.165, 1.54) is 0 Å². The Hall–Kier alpha value is -1.83. The van der Waals surface area contributed by atoms with Gasteiger partial charge >= 0.3 is 0 Å². The minimum Gasteiger partial charge on any atom is -0.359 e. The SMILES string of the molecule is [C-]#[N+]c1cc(C(C)C)n(C2CCN(C(C)=O)CC2)n1. The molecule has 0 bridgehead atoms. The summed E-state index contributed by atoms with van der Waals surface area (Å²) in [6.07, 6.45) is 1.83. The number of aromatic nitrogens is 2. The number of carbonyl (C=O) groups excluding carboxylic acids is 1. The van der Waals surface area contributed by atoms with Gasteiger partial charge in [-0.1, -0.05) is 20.4 Å². The highest BCUT2D eigenvalue weighted by molar-refractivity contribution is 5.73. The average Bonchev–Trinajstić information content (AvgIpc) is 2.83. The molecule has 0 radical (unpaired) electrons. The lowest BCUT2D eigenvalue weighted by molar-refractivity contribution is -0.130. The summed E-state index contributed by atoms with van der Waals surface area (Å²) < 4.78 is 2.01. The van der Waals surface area contributed by atoms with Gasteiger partial charge in [0.1, 0.15) is 0 Å². The summed E-state index contributed by atoms with van der Waals surface area (Å²) in [5.41, 5.74) is 1.12. The Morgan fingerprint density at radius 3 is 2.58 bits per heavy atom. The van der Waals surface area contributed by atoms with Crippen molar-refractivity contribution in [3.63, 3.8) is 0 Å². The van der Waals surface area contributed by atoms with Crippen molar-refractivity contribution in [3.8, 4) is 0 Å². The fourth-order valence-electron chi connectivity index (χ4n) is 2.60. The third-order valence-electron chi connectivity index (χ3n) is 3.71. The molecule has 1 saturated heterocycles. The van der Waals surface area contributed by atoms with E-state index >= 15 is 0 Å². The zero-order valence-corrected chi connectivity index (χ0v) is 11.8. The second kappa shape index (κ2) is 5.43. The van der Waals surface area contributed by atoms with Crippen molar-refractivity contribution in [1.82, 2.24) is 14.7 Å². The third kappa shape index (κ3) is 2.78. The quantitative estimate of drug-likeness (QED) is 0.767. The van der Waals surface area contributed by atoms with Crippen LogP contribution < -0.4 is 0 Å². The number of nitrogens with zero attached hydrogens (tertiary/aromatic N) is 4. The molecule has 0 unspecified atom stereocenters. The normalized spacial score (nSPS) is 16.7. The standard InChI is InChI=1S/C14H20N4O/c1-10(2)13-9-14(15-4)16-18(13)12-5-7-17(8-6-12)11(3)19/h9-10,12H,5-8H2,1-3H3. The fraction of sp³-hybridized carbons (Fsp3) is 0.643. The van der Waals surface area contributed by atoms with Crippen molar-refractivity contribution < 1.29 is 4.79 Å². The Kier molecular flexibility index (Phi) is 3.89. The molecule has 5 heteroatoms. The Morgan fingerprint density at radius 1 is 1.47 bits per heavy atom. The van der Waals surface area contributed by atoms with Crippen LogP contribution in [-0.2, 0) is 4.79 Å². The largest absolute Gasteiger partial charge is 0.359 e. The van der Waals surface area contributed by atoms with Gasteiger partial charge in [0.25, 0.3) is 5.82 Å². The smallest absolute Gasteiger partial charge is 0.295 e. The third-order valence-corrected chi connectivity index (χ3v) is 3.71. The van der Waals surface area contributed by atoms with Gasteiger partial charge < -0.3 is 9.74 Å². The van der Waals surface area contributed by atoms with Gasteiger partial charge in [0, 0.05) is 20.0 Å². The summed E-state index contributed by atoms with van der Waals surface area (Å²) in [6, 6.07) is 2.19. The summed E-state index contributed by atoms with van der Waals surface area (Å²) in [6.45, 7) is 14.5. The molecular formula is C14H20N4O. The first kappa shape index (κ1) is 13.6. The highest BCUT2D eigenvalue weighted by Crippen LogP contribution is 2.29. The van der Waals surface area contributed by atoms with E-state index in [1.54, 1.807) is 6.92 Å². The maximum absolute atomic E-state index is 11.3. The minimum absolute atomic E-state index is 0.143. The van der Waals surface area contributed by atoms with Crippen LogP contribution in [-0.4, -0.2) is 33.7 Å². The zero-order chi connectivity index (χ0) is 14.0. The van der Waals surface area contributed by atoms with Gasteiger partial charge in [-0.15, -0.1) is 0 Å². The van der Waals surface area contributed by atoms with Crippen molar-refractivity contribution in [2.24, 2.45) is 0 Å². The molecule has 2 heterocycles. The van der Waals surface area contributed by atoms with Crippen LogP contribution in [0.15, 0.2) is 6.07 Å². The molecule has 1 aromatic heterocycles. The number of rotatable bonds is 2. The number of hydrogen-bond acceptors (Lipinski definition) is 2. The lowest BCUT2D eigenvalue weighted by Gasteiger charge is -2.31. The van der Waals surface area contributed by atoms with E-state index in [4.69, 9.17) is 6.57 Å². The van der Waals surface area contributed by atoms with Crippen LogP contribution in [0.5, 0.6) is 0 Å². The van der Waals surface area contributed by atoms with Crippen LogP contribution in [0.2, 0.25) is 0 Å². The molecule has 102 valence electrons. The van der Waals surface area contributed by atoms with Crippen LogP contribution in [0.1, 0.15) is 51.3 Å². The van der Waals surface area contributed by atoms with Gasteiger partial charge in [0.05, 0.1) is 11.7 Å². The summed E-state index contributed by atoms with van der Waals surface area (Å²) in [4.78, 5) is 16.6. The van der Waals surface area contributed by atoms with E-state index in [0.717, 1.165) is 31.6 Å². The molecule has 0 saturated carbocycles. The predicted molar refractivity (Wildman–Crippen MR) is 73.1 cm³/mol. The Morgan fingerprint density at radius 2 is 2.11 bits per heavy atom. The zero-order valence-electron chi connectivity index (χ0n) is 11.8. The second-order valence-corrected chi connectivity index (χ2v) is 5.38. The Bertz CT molecular complexity index is 504. The topological polar surface area (TPSA) is 42.5 Å². The van der Waals surface area contributed by atoms with Crippen LogP contribution in [0, 0.1) is 6.57 Å². The highest BCUT2D eigenvalue weighted by atomic mass is 16.2. The maximum atomic E-state index is 11.3. The first-order valence-electron chi connectivity index (χ1n) is 6.75. The van der Waals surface area contributed by atoms with Crippen molar-refractivity contribution >= 4 is 11.7 Å². The monoisotopic (exact) mass is 260 g/mol. The molecule has 0 aromatic carbocycles. The number of carbonyl (C=O) groups is 1. The first-order chi connectivity index (χ1) is 9.02. The molecule has 0 aliphatic carbocycles. The predicted octanol–water partition coefficient (Wildman–Crippen LogP) is 2.74. The maximum Gasteiger partial charge on any atom is 0.295 e. The summed E-state index contributed by atoms with van der Waals surface area (Å²) in [7, 11) is 0. The Balaban J connectivity index is 2.17. The highest BCUT2D eigenvalue weighted by Gasteiger charge is 2.27. The molecule has 5 nitrogen and oxygen atoms in total. The van der Waals surface area contributed by atoms with Crippen molar-refractivity contribution in [2.75, 3.05) is 13.1 Å². The van der Waals surface area contributed by atoms with Crippen LogP contribution in [0.25, 0.3) is 4.85 Å². The number of piperidine rings is 1. The molecule has 19 heavy (non-hydrogen) atoms. The molecular weight excluding hydrogens is 240 g/mol. The molecule has 0 atom stereocenters. The van der Waals surface area contributed by atoms with Crippen LogP contribution in [0.4, 0.5) is 5.82 Å². The summed E-state index contributed by atoms with van der Waals surface area (Å²) in [5, 5.41) is 4.40. The van der Waals surface area contributed by atoms with E-state index in [1.807, 2.05) is 15.6 Å². The molecule has 0 spiro atoms. The fourth-order valence-corrected chi connectivity index (χ4v) is 2.60. The van der Waals surface area contributed by atoms with Gasteiger partial charge in [-0.25, -0.2) is 0 Å². The lowest BCUT2D eigenvalue weighted by atomic mass is 10.0. The van der Waals surface area contributed by atoms with Crippen LogP contribution in [0.3, 0.4) is 0 Å². The van der Waals surface area contributed by atoms with Crippen molar-refractivity contribution in [2.45, 2.75) is 45.6 Å². The van der Waals surface area contributed by atoms with Gasteiger partial charge in [-0.3, -0.25) is 4.79 Å². The molecule has 1 fully saturated rings. The molecule has 1 amide bonds. The van der Waals surface area contributed by atoms with Gasteiger partial charge in [0.15, 0.2) is 0 Å². The van der Waals surface area contributed by atoms with E-state index in [9.17, 15) is 4.79 Å². The van der Waals surface area contributed by atoms with E-state index in [-0.39, 0.29) is 5.91 Å². The van der Waals surface area contributed by atoms with E-state index < -0.39 is 0 Å². The molecule has 1 aromatic rings. The Labute approximate surface area is 114 Å². The van der Waals surface area contributed by atoms with Crippen LogP contribution >= 0.6 is 0 Å². The van der Waals surface area contributed by atoms with E-state index in [2.05, 4.69) is 23.8 Å². The van der Waals surface area contributed by atoms with Crippen molar-refractivity contribution in [1.29, 1.82) is 0 Å². The number of hydrogen-bond donors (Lipinski definition) is 0. The minimum atomic E-state index is 0.143. The lowest BCUT2D eigenvalue weighted by Crippen LogP contribution is -2.38. The van der Waals surface area contributed by atoms with Gasteiger partial charge in [-0.2, -0.15) is 4.68 Å². The summed E-state index contributed by atoms with van der Waals surface area (Å²) in [5.74, 6) is 0.969. The van der Waals surface area contributed by atoms with Gasteiger partial charge in [-0.05, 0) is 29.9 Å². The number of likely N-dealkylation sites (tertiary alicyclic amines) is 1. The molecule has 1 aliphatic heterocycles.